The third-order valence-electron chi connectivity index (χ3n) is 4.12. The quantitative estimate of drug-likeness (QED) is 0.621. The molecule has 1 aromatic heterocycles. The number of nitrogens with zero attached hydrogens (tertiary/aromatic N) is 2. The first kappa shape index (κ1) is 18.0. The van der Waals surface area contributed by atoms with E-state index in [1.165, 1.54) is 12.3 Å². The molecule has 0 amide bonds. The summed E-state index contributed by atoms with van der Waals surface area (Å²) in [5, 5.41) is 3.78. The van der Waals surface area contributed by atoms with Crippen molar-refractivity contribution in [1.29, 1.82) is 0 Å². The van der Waals surface area contributed by atoms with Crippen LogP contribution in [0.2, 0.25) is 0 Å². The van der Waals surface area contributed by atoms with Gasteiger partial charge in [-0.2, -0.15) is 18.3 Å². The first-order chi connectivity index (χ1) is 10.4. The molecule has 0 unspecified atom stereocenters. The average molecular weight is 334 g/mol. The van der Waals surface area contributed by atoms with E-state index in [-0.39, 0.29) is 12.2 Å². The Morgan fingerprint density at radius 2 is 1.83 bits per heavy atom. The van der Waals surface area contributed by atoms with Gasteiger partial charge in [-0.05, 0) is 39.8 Å². The number of aromatic nitrogens is 2. The van der Waals surface area contributed by atoms with E-state index in [0.29, 0.717) is 0 Å². The molecule has 128 valence electrons. The molecule has 0 aliphatic carbocycles. The molecular weight excluding hydrogens is 315 g/mol. The summed E-state index contributed by atoms with van der Waals surface area (Å²) < 4.78 is 63.4. The van der Waals surface area contributed by atoms with Crippen molar-refractivity contribution in [2.24, 2.45) is 0 Å². The van der Waals surface area contributed by atoms with Gasteiger partial charge in [0.15, 0.2) is 0 Å². The summed E-state index contributed by atoms with van der Waals surface area (Å²) in [5.74, 6) is 0. The average Bonchev–Trinajstić information content (AvgIpc) is 2.89. The van der Waals surface area contributed by atoms with Crippen LogP contribution in [-0.2, 0) is 15.9 Å². The number of halogens is 4. The van der Waals surface area contributed by atoms with Crippen molar-refractivity contribution in [1.82, 2.24) is 9.78 Å². The highest BCUT2D eigenvalue weighted by molar-refractivity contribution is 6.54. The Morgan fingerprint density at radius 3 is 2.35 bits per heavy atom. The molecule has 0 saturated carbocycles. The minimum atomic E-state index is -4.29. The Morgan fingerprint density at radius 1 is 1.26 bits per heavy atom. The fourth-order valence-corrected chi connectivity index (χ4v) is 2.05. The molecule has 0 N–H and O–H groups in total. The lowest BCUT2D eigenvalue weighted by Gasteiger charge is -2.32. The molecule has 0 aromatic carbocycles. The van der Waals surface area contributed by atoms with Crippen LogP contribution in [0.4, 0.5) is 17.6 Å². The molecule has 1 saturated heterocycles. The summed E-state index contributed by atoms with van der Waals surface area (Å²) in [7, 11) is -1.19. The van der Waals surface area contributed by atoms with Gasteiger partial charge in [0.05, 0.1) is 29.9 Å². The fraction of sp³-hybridized carbons (Fsp3) is 0.643. The van der Waals surface area contributed by atoms with Crippen molar-refractivity contribution >= 4 is 13.2 Å². The number of hydrogen-bond donors (Lipinski definition) is 0. The van der Waals surface area contributed by atoms with Crippen molar-refractivity contribution in [3.63, 3.8) is 0 Å². The summed E-state index contributed by atoms with van der Waals surface area (Å²) in [6, 6.07) is 1.43. The van der Waals surface area contributed by atoms with Gasteiger partial charge in [-0.3, -0.25) is 4.68 Å². The van der Waals surface area contributed by atoms with E-state index in [1.54, 1.807) is 27.7 Å². The van der Waals surface area contributed by atoms with Crippen LogP contribution in [0.25, 0.3) is 6.08 Å². The summed E-state index contributed by atoms with van der Waals surface area (Å²) >= 11 is 0. The zero-order valence-electron chi connectivity index (χ0n) is 13.4. The first-order valence-electron chi connectivity index (χ1n) is 7.23. The Hall–Kier alpha value is -1.35. The van der Waals surface area contributed by atoms with Crippen LogP contribution >= 0.6 is 0 Å². The second-order valence-electron chi connectivity index (χ2n) is 6.46. The molecule has 1 aliphatic rings. The highest BCUT2D eigenvalue weighted by Gasteiger charge is 2.53. The first-order valence-corrected chi connectivity index (χ1v) is 7.23. The third-order valence-corrected chi connectivity index (χ3v) is 4.12. The molecule has 0 bridgehead atoms. The van der Waals surface area contributed by atoms with Crippen LogP contribution in [0.5, 0.6) is 0 Å². The molecule has 0 spiro atoms. The van der Waals surface area contributed by atoms with Gasteiger partial charge >= 0.3 is 13.3 Å². The summed E-state index contributed by atoms with van der Waals surface area (Å²) in [6.07, 6.45) is -2.92. The van der Waals surface area contributed by atoms with Crippen LogP contribution < -0.4 is 0 Å². The molecular formula is C14H19BF4N2O2. The van der Waals surface area contributed by atoms with Crippen LogP contribution in [0.1, 0.15) is 39.8 Å². The highest BCUT2D eigenvalue weighted by Crippen LogP contribution is 2.39. The monoisotopic (exact) mass is 334 g/mol. The van der Waals surface area contributed by atoms with E-state index in [0.717, 1.165) is 10.8 Å². The van der Waals surface area contributed by atoms with Gasteiger partial charge in [-0.25, -0.2) is 4.39 Å². The summed E-state index contributed by atoms with van der Waals surface area (Å²) in [4.78, 5) is 0. The maximum absolute atomic E-state index is 14.4. The van der Waals surface area contributed by atoms with Gasteiger partial charge in [0, 0.05) is 6.20 Å². The molecule has 9 heteroatoms. The van der Waals surface area contributed by atoms with E-state index in [4.69, 9.17) is 9.31 Å². The maximum atomic E-state index is 14.4. The molecule has 23 heavy (non-hydrogen) atoms. The van der Waals surface area contributed by atoms with Gasteiger partial charge in [0.1, 0.15) is 5.73 Å². The lowest BCUT2D eigenvalue weighted by atomic mass is 9.87. The standard InChI is InChI=1S/C14H19BF4N2O2/c1-12(2)13(3,4)23-15(22-12)11(16)9-10-5-7-20-21(10)8-6-14(17,18)19/h5,7,9H,6,8H2,1-4H3. The van der Waals surface area contributed by atoms with Crippen LogP contribution in [0, 0.1) is 0 Å². The van der Waals surface area contributed by atoms with E-state index >= 15 is 0 Å². The molecule has 4 nitrogen and oxygen atoms in total. The molecule has 2 heterocycles. The van der Waals surface area contributed by atoms with Crippen molar-refractivity contribution < 1.29 is 26.9 Å². The Bertz CT molecular complexity index is 580. The normalized spacial score (nSPS) is 21.0. The predicted molar refractivity (Wildman–Crippen MR) is 78.1 cm³/mol. The molecule has 0 radical (unpaired) electrons. The number of alkyl halides is 3. The Balaban J connectivity index is 2.12. The molecule has 1 aliphatic heterocycles. The van der Waals surface area contributed by atoms with E-state index < -0.39 is 36.6 Å². The number of hydrogen-bond acceptors (Lipinski definition) is 3. The predicted octanol–water partition coefficient (Wildman–Crippen LogP) is 3.78. The van der Waals surface area contributed by atoms with Gasteiger partial charge < -0.3 is 9.31 Å². The Labute approximate surface area is 132 Å². The number of rotatable bonds is 4. The zero-order chi connectivity index (χ0) is 17.5. The third kappa shape index (κ3) is 4.14. The second-order valence-corrected chi connectivity index (χ2v) is 6.46. The Kier molecular flexibility index (Phi) is 4.65. The van der Waals surface area contributed by atoms with Crippen molar-refractivity contribution in [2.45, 2.75) is 58.0 Å². The minimum Gasteiger partial charge on any atom is -0.398 e. The second kappa shape index (κ2) is 5.94. The largest absolute Gasteiger partial charge is 0.525 e. The lowest BCUT2D eigenvalue weighted by Crippen LogP contribution is -2.41. The van der Waals surface area contributed by atoms with Crippen molar-refractivity contribution in [3.05, 3.63) is 23.7 Å². The molecule has 1 fully saturated rings. The van der Waals surface area contributed by atoms with Gasteiger partial charge in [-0.15, -0.1) is 0 Å². The zero-order valence-corrected chi connectivity index (χ0v) is 13.4. The minimum absolute atomic E-state index is 0.224. The topological polar surface area (TPSA) is 36.3 Å². The van der Waals surface area contributed by atoms with Crippen LogP contribution in [0.15, 0.2) is 18.0 Å². The maximum Gasteiger partial charge on any atom is 0.525 e. The van der Waals surface area contributed by atoms with Gasteiger partial charge in [0.2, 0.25) is 0 Å². The molecule has 1 aromatic rings. The number of aryl methyl sites for hydroxylation is 1. The van der Waals surface area contributed by atoms with Crippen molar-refractivity contribution in [2.75, 3.05) is 0 Å². The van der Waals surface area contributed by atoms with E-state index in [9.17, 15) is 17.6 Å². The van der Waals surface area contributed by atoms with E-state index in [1.807, 2.05) is 0 Å². The van der Waals surface area contributed by atoms with Crippen LogP contribution in [-0.4, -0.2) is 34.3 Å². The van der Waals surface area contributed by atoms with Crippen LogP contribution in [0.3, 0.4) is 0 Å². The van der Waals surface area contributed by atoms with E-state index in [2.05, 4.69) is 5.10 Å². The van der Waals surface area contributed by atoms with Gasteiger partial charge in [0.25, 0.3) is 0 Å². The van der Waals surface area contributed by atoms with Gasteiger partial charge in [-0.1, -0.05) is 0 Å². The van der Waals surface area contributed by atoms with Crippen molar-refractivity contribution in [3.8, 4) is 0 Å². The summed E-state index contributed by atoms with van der Waals surface area (Å²) in [5.41, 5.74) is -1.88. The highest BCUT2D eigenvalue weighted by atomic mass is 19.4. The SMILES string of the molecule is CC1(C)OB(C(F)=Cc2ccnn2CCC(F)(F)F)OC1(C)C. The lowest BCUT2D eigenvalue weighted by molar-refractivity contribution is -0.137. The summed E-state index contributed by atoms with van der Waals surface area (Å²) in [6.45, 7) is 6.77. The smallest absolute Gasteiger partial charge is 0.398 e. The molecule has 2 rings (SSSR count). The fourth-order valence-electron chi connectivity index (χ4n) is 2.05. The molecule has 0 atom stereocenters.